The van der Waals surface area contributed by atoms with Crippen molar-refractivity contribution in [3.8, 4) is 0 Å². The largest absolute Gasteiger partial charge is 0.341 e. The molecule has 28 heavy (non-hydrogen) atoms. The zero-order valence-corrected chi connectivity index (χ0v) is 16.4. The Kier molecular flexibility index (Phi) is 3.45. The lowest BCUT2D eigenvalue weighted by atomic mass is 9.79. The molecule has 3 nitrogen and oxygen atoms in total. The Morgan fingerprint density at radius 1 is 1.04 bits per heavy atom. The van der Waals surface area contributed by atoms with Gasteiger partial charge in [0.1, 0.15) is 0 Å². The summed E-state index contributed by atoms with van der Waals surface area (Å²) in [6.07, 6.45) is 9.03. The van der Waals surface area contributed by atoms with E-state index in [0.717, 1.165) is 36.2 Å². The number of benzene rings is 2. The van der Waals surface area contributed by atoms with Gasteiger partial charge in [-0.1, -0.05) is 42.0 Å². The maximum Gasteiger partial charge on any atom is 0.0697 e. The molecule has 2 heterocycles. The number of para-hydroxylation sites is 1. The number of halogens is 1. The van der Waals surface area contributed by atoms with E-state index in [2.05, 4.69) is 59.5 Å². The summed E-state index contributed by atoms with van der Waals surface area (Å²) in [5.74, 6) is 6.99. The predicted molar refractivity (Wildman–Crippen MR) is 116 cm³/mol. The van der Waals surface area contributed by atoms with Gasteiger partial charge in [-0.2, -0.15) is 0 Å². The molecule has 6 rings (SSSR count). The summed E-state index contributed by atoms with van der Waals surface area (Å²) in [6, 6.07) is 17.3. The van der Waals surface area contributed by atoms with Crippen molar-refractivity contribution in [2.75, 3.05) is 10.7 Å². The summed E-state index contributed by atoms with van der Waals surface area (Å²) in [5, 5.41) is 1.99. The van der Waals surface area contributed by atoms with E-state index in [1.165, 1.54) is 33.6 Å². The third-order valence-electron chi connectivity index (χ3n) is 6.65. The van der Waals surface area contributed by atoms with E-state index in [-0.39, 0.29) is 0 Å². The van der Waals surface area contributed by atoms with Crippen LogP contribution >= 0.6 is 11.6 Å². The van der Waals surface area contributed by atoms with Gasteiger partial charge in [0.2, 0.25) is 0 Å². The number of hydrogen-bond acceptors (Lipinski definition) is 2. The number of rotatable bonds is 1. The summed E-state index contributed by atoms with van der Waals surface area (Å²) in [4.78, 5) is 2.59. The highest BCUT2D eigenvalue weighted by atomic mass is 35.5. The first-order valence-electron chi connectivity index (χ1n) is 10.1. The quantitative estimate of drug-likeness (QED) is 0.557. The van der Waals surface area contributed by atoms with Crippen LogP contribution in [0.25, 0.3) is 10.9 Å². The van der Waals surface area contributed by atoms with Crippen molar-refractivity contribution < 1.29 is 0 Å². The zero-order valence-electron chi connectivity index (χ0n) is 15.6. The molecule has 3 aromatic rings. The fourth-order valence-electron chi connectivity index (χ4n) is 5.60. The van der Waals surface area contributed by atoms with E-state index >= 15 is 0 Å². The third kappa shape index (κ3) is 2.11. The first kappa shape index (κ1) is 16.3. The molecule has 2 N–H and O–H groups in total. The average molecular weight is 388 g/mol. The van der Waals surface area contributed by atoms with E-state index < -0.39 is 0 Å². The van der Waals surface area contributed by atoms with Crippen molar-refractivity contribution in [3.63, 3.8) is 0 Å². The summed E-state index contributed by atoms with van der Waals surface area (Å²) in [5.41, 5.74) is 7.94. The van der Waals surface area contributed by atoms with Crippen LogP contribution in [0.1, 0.15) is 36.4 Å². The number of nitrogen functional groups attached to an aromatic ring is 1. The highest BCUT2D eigenvalue weighted by Gasteiger charge is 2.46. The smallest absolute Gasteiger partial charge is 0.0697 e. The number of aryl methyl sites for hydroxylation is 1. The molecule has 2 unspecified atom stereocenters. The average Bonchev–Trinajstić information content (AvgIpc) is 3.21. The van der Waals surface area contributed by atoms with Crippen LogP contribution in [-0.2, 0) is 6.42 Å². The van der Waals surface area contributed by atoms with Crippen molar-refractivity contribution in [2.24, 2.45) is 0 Å². The lowest BCUT2D eigenvalue weighted by molar-refractivity contribution is 0.514. The van der Waals surface area contributed by atoms with E-state index in [1.807, 2.05) is 10.7 Å². The third-order valence-corrected chi connectivity index (χ3v) is 6.89. The summed E-state index contributed by atoms with van der Waals surface area (Å²) >= 11 is 6.32. The molecule has 0 bridgehead atoms. The van der Waals surface area contributed by atoms with Crippen LogP contribution < -0.4 is 10.7 Å². The minimum absolute atomic E-state index is 0.312. The predicted octanol–water partition coefficient (Wildman–Crippen LogP) is 5.53. The molecule has 4 heteroatoms. The minimum atomic E-state index is 0.312. The van der Waals surface area contributed by atoms with Crippen LogP contribution in [0.2, 0.25) is 5.02 Å². The molecule has 2 aromatic carbocycles. The van der Waals surface area contributed by atoms with Crippen molar-refractivity contribution in [3.05, 3.63) is 88.2 Å². The van der Waals surface area contributed by atoms with E-state index in [4.69, 9.17) is 17.4 Å². The molecule has 2 atom stereocenters. The van der Waals surface area contributed by atoms with Gasteiger partial charge >= 0.3 is 0 Å². The van der Waals surface area contributed by atoms with Crippen LogP contribution in [-0.4, -0.2) is 10.7 Å². The monoisotopic (exact) mass is 387 g/mol. The molecule has 0 saturated heterocycles. The van der Waals surface area contributed by atoms with Crippen molar-refractivity contribution >= 4 is 28.2 Å². The van der Waals surface area contributed by atoms with Gasteiger partial charge < -0.3 is 10.7 Å². The molecule has 3 aliphatic rings. The Labute approximate surface area is 169 Å². The molecule has 0 amide bonds. The number of aromatic nitrogens is 1. The Bertz CT molecular complexity index is 1160. The van der Waals surface area contributed by atoms with Gasteiger partial charge in [-0.25, -0.2) is 0 Å². The van der Waals surface area contributed by atoms with Gasteiger partial charge in [0.25, 0.3) is 0 Å². The normalized spacial score (nSPS) is 23.1. The van der Waals surface area contributed by atoms with Crippen LogP contribution in [0, 0.1) is 0 Å². The highest BCUT2D eigenvalue weighted by Crippen LogP contribution is 2.52. The van der Waals surface area contributed by atoms with E-state index in [1.54, 1.807) is 0 Å². The van der Waals surface area contributed by atoms with Crippen molar-refractivity contribution in [1.29, 1.82) is 0 Å². The summed E-state index contributed by atoms with van der Waals surface area (Å²) in [6.45, 7) is 0. The number of allylic oxidation sites excluding steroid dienone is 3. The molecular formula is C24H22ClN3. The zero-order chi connectivity index (χ0) is 18.8. The van der Waals surface area contributed by atoms with Gasteiger partial charge in [0, 0.05) is 33.8 Å². The Morgan fingerprint density at radius 2 is 1.89 bits per heavy atom. The fourth-order valence-corrected chi connectivity index (χ4v) is 5.77. The van der Waals surface area contributed by atoms with Crippen LogP contribution in [0.15, 0.2) is 72.0 Å². The standard InChI is InChI=1S/C24H22ClN3/c25-15-10-12-21-19(14-15)17-11-13-22-23(24(17)28(21)26)18-8-4-5-9-20(18)27(22)16-6-2-1-3-7-16/h1-4,6-8,10,12,14,22-23H,5,9,11,13,26H2. The van der Waals surface area contributed by atoms with Crippen LogP contribution in [0.5, 0.6) is 0 Å². The van der Waals surface area contributed by atoms with Crippen LogP contribution in [0.3, 0.4) is 0 Å². The molecule has 0 radical (unpaired) electrons. The Hall–Kier alpha value is -2.65. The number of fused-ring (bicyclic) bond motifs is 6. The number of nitrogens with two attached hydrogens (primary N) is 1. The number of anilines is 1. The van der Waals surface area contributed by atoms with Crippen LogP contribution in [0.4, 0.5) is 5.69 Å². The second-order valence-corrected chi connectivity index (χ2v) is 8.46. The number of nitrogens with zero attached hydrogens (tertiary/aromatic N) is 2. The second kappa shape index (κ2) is 5.92. The van der Waals surface area contributed by atoms with E-state index in [9.17, 15) is 0 Å². The summed E-state index contributed by atoms with van der Waals surface area (Å²) < 4.78 is 1.93. The summed E-state index contributed by atoms with van der Waals surface area (Å²) in [7, 11) is 0. The Balaban J connectivity index is 1.59. The SMILES string of the molecule is Nn1c2c(c3cc(Cl)ccc31)CCC1C2C2=C(CCC=C2)N1c1ccccc1. The van der Waals surface area contributed by atoms with Gasteiger partial charge in [-0.05, 0) is 67.2 Å². The van der Waals surface area contributed by atoms with Crippen molar-refractivity contribution in [2.45, 2.75) is 37.6 Å². The van der Waals surface area contributed by atoms with Gasteiger partial charge in [-0.15, -0.1) is 0 Å². The van der Waals surface area contributed by atoms with Gasteiger partial charge in [-0.3, -0.25) is 4.68 Å². The first-order valence-corrected chi connectivity index (χ1v) is 10.4. The second-order valence-electron chi connectivity index (χ2n) is 8.03. The molecule has 140 valence electrons. The Morgan fingerprint density at radius 3 is 2.75 bits per heavy atom. The molecule has 1 aliphatic heterocycles. The molecule has 1 aromatic heterocycles. The fraction of sp³-hybridized carbons (Fsp3) is 0.250. The minimum Gasteiger partial charge on any atom is -0.341 e. The molecule has 0 spiro atoms. The van der Waals surface area contributed by atoms with E-state index in [0.29, 0.717) is 12.0 Å². The topological polar surface area (TPSA) is 34.2 Å². The maximum atomic E-state index is 6.68. The van der Waals surface area contributed by atoms with Gasteiger partial charge in [0.05, 0.1) is 11.2 Å². The maximum absolute atomic E-state index is 6.68. The van der Waals surface area contributed by atoms with Crippen molar-refractivity contribution in [1.82, 2.24) is 4.68 Å². The first-order chi connectivity index (χ1) is 13.7. The molecule has 0 saturated carbocycles. The molecular weight excluding hydrogens is 366 g/mol. The van der Waals surface area contributed by atoms with Gasteiger partial charge in [0.15, 0.2) is 0 Å². The molecule has 0 fully saturated rings. The number of hydrogen-bond donors (Lipinski definition) is 1. The highest BCUT2D eigenvalue weighted by molar-refractivity contribution is 6.31. The molecule has 2 aliphatic carbocycles. The lowest BCUT2D eigenvalue weighted by Crippen LogP contribution is -2.37. The lowest BCUT2D eigenvalue weighted by Gasteiger charge is -2.35.